The molecule has 2 heterocycles. The van der Waals surface area contributed by atoms with E-state index in [1.54, 1.807) is 38.6 Å². The summed E-state index contributed by atoms with van der Waals surface area (Å²) in [5.41, 5.74) is -2.13. The Bertz CT molecular complexity index is 618. The lowest BCUT2D eigenvalue weighted by Gasteiger charge is -2.27. The summed E-state index contributed by atoms with van der Waals surface area (Å²) in [5, 5.41) is 7.18. The molecule has 1 aliphatic heterocycles. The molecule has 1 aromatic rings. The fourth-order valence-corrected chi connectivity index (χ4v) is 2.15. The molecule has 0 aromatic carbocycles. The van der Waals surface area contributed by atoms with E-state index in [0.717, 1.165) is 0 Å². The number of aromatic nitrogens is 2. The largest absolute Gasteiger partial charge is 0.444 e. The van der Waals surface area contributed by atoms with Crippen LogP contribution in [0.4, 0.5) is 9.59 Å². The molecule has 3 N–H and O–H groups in total. The lowest BCUT2D eigenvalue weighted by molar-refractivity contribution is -0.124. The molecule has 120 valence electrons. The fourth-order valence-electron chi connectivity index (χ4n) is 2.15. The molecule has 4 amide bonds. The van der Waals surface area contributed by atoms with Crippen molar-refractivity contribution in [2.45, 2.75) is 31.9 Å². The van der Waals surface area contributed by atoms with Gasteiger partial charge in [-0.25, -0.2) is 14.6 Å². The van der Waals surface area contributed by atoms with Crippen LogP contribution in [0.5, 0.6) is 0 Å². The van der Waals surface area contributed by atoms with Crippen molar-refractivity contribution in [1.82, 2.24) is 25.5 Å². The van der Waals surface area contributed by atoms with Crippen LogP contribution in [-0.4, -0.2) is 39.7 Å². The molecule has 0 aliphatic carbocycles. The van der Waals surface area contributed by atoms with Crippen molar-refractivity contribution in [2.75, 3.05) is 6.54 Å². The number of hydrogen-bond acceptors (Lipinski definition) is 5. The van der Waals surface area contributed by atoms with E-state index in [1.807, 2.05) is 0 Å². The van der Waals surface area contributed by atoms with Crippen molar-refractivity contribution in [3.63, 3.8) is 0 Å². The van der Waals surface area contributed by atoms with Crippen LogP contribution < -0.4 is 16.0 Å². The van der Waals surface area contributed by atoms with Crippen LogP contribution in [-0.2, 0) is 22.1 Å². The van der Waals surface area contributed by atoms with Gasteiger partial charge in [-0.1, -0.05) is 0 Å². The standard InChI is InChI=1S/C13H19N5O4/c1-12(2,3)22-11(21)15-7-13(8-14-5-6-18(8)4)9(19)16-10(20)17-13/h5-6H,7H2,1-4H3,(H,15,21)(H2,16,17,19,20)/t13-/m1/s1. The Morgan fingerprint density at radius 3 is 2.59 bits per heavy atom. The number of imide groups is 1. The molecule has 0 bridgehead atoms. The summed E-state index contributed by atoms with van der Waals surface area (Å²) in [6, 6.07) is -0.640. The number of hydrogen-bond donors (Lipinski definition) is 3. The normalized spacial score (nSPS) is 21.3. The summed E-state index contributed by atoms with van der Waals surface area (Å²) in [7, 11) is 1.69. The molecule has 22 heavy (non-hydrogen) atoms. The van der Waals surface area contributed by atoms with Crippen molar-refractivity contribution >= 4 is 18.0 Å². The van der Waals surface area contributed by atoms with Gasteiger partial charge in [0, 0.05) is 19.4 Å². The summed E-state index contributed by atoms with van der Waals surface area (Å²) in [5.74, 6) is -0.269. The van der Waals surface area contributed by atoms with Gasteiger partial charge in [0.15, 0.2) is 5.54 Å². The highest BCUT2D eigenvalue weighted by Crippen LogP contribution is 2.22. The van der Waals surface area contributed by atoms with Crippen molar-refractivity contribution < 1.29 is 19.1 Å². The van der Waals surface area contributed by atoms with Gasteiger partial charge in [0.1, 0.15) is 11.4 Å². The van der Waals surface area contributed by atoms with Crippen molar-refractivity contribution in [3.8, 4) is 0 Å². The average Bonchev–Trinajstić information content (AvgIpc) is 2.89. The quantitative estimate of drug-likeness (QED) is 0.679. The van der Waals surface area contributed by atoms with Gasteiger partial charge in [-0.3, -0.25) is 10.1 Å². The van der Waals surface area contributed by atoms with Crippen molar-refractivity contribution in [1.29, 1.82) is 0 Å². The lowest BCUT2D eigenvalue weighted by atomic mass is 9.98. The molecule has 0 spiro atoms. The topological polar surface area (TPSA) is 114 Å². The molecular formula is C13H19N5O4. The third-order valence-electron chi connectivity index (χ3n) is 3.04. The van der Waals surface area contributed by atoms with Crippen LogP contribution in [0, 0.1) is 0 Å². The maximum atomic E-state index is 12.2. The smallest absolute Gasteiger partial charge is 0.407 e. The number of nitrogens with one attached hydrogen (secondary N) is 3. The van der Waals surface area contributed by atoms with E-state index < -0.39 is 29.2 Å². The van der Waals surface area contributed by atoms with Gasteiger partial charge in [-0.15, -0.1) is 0 Å². The molecule has 9 nitrogen and oxygen atoms in total. The third-order valence-corrected chi connectivity index (χ3v) is 3.04. The second-order valence-corrected chi connectivity index (χ2v) is 6.03. The number of urea groups is 1. The van der Waals surface area contributed by atoms with Gasteiger partial charge in [0.25, 0.3) is 5.91 Å². The van der Waals surface area contributed by atoms with Gasteiger partial charge in [-0.05, 0) is 20.8 Å². The Labute approximate surface area is 127 Å². The first-order chi connectivity index (χ1) is 10.1. The van der Waals surface area contributed by atoms with Gasteiger partial charge in [-0.2, -0.15) is 0 Å². The minimum atomic E-state index is -1.47. The average molecular weight is 309 g/mol. The van der Waals surface area contributed by atoms with Crippen molar-refractivity contribution in [2.24, 2.45) is 7.05 Å². The maximum absolute atomic E-state index is 12.2. The second-order valence-electron chi connectivity index (χ2n) is 6.03. The zero-order valence-corrected chi connectivity index (χ0v) is 12.9. The molecule has 0 radical (unpaired) electrons. The Kier molecular flexibility index (Phi) is 3.82. The van der Waals surface area contributed by atoms with Crippen LogP contribution in [0.1, 0.15) is 26.6 Å². The van der Waals surface area contributed by atoms with Crippen LogP contribution in [0.2, 0.25) is 0 Å². The SMILES string of the molecule is Cn1ccnc1[C@@]1(CNC(=O)OC(C)(C)C)NC(=O)NC1=O. The van der Waals surface area contributed by atoms with Gasteiger partial charge >= 0.3 is 12.1 Å². The molecule has 1 aromatic heterocycles. The van der Waals surface area contributed by atoms with Crippen LogP contribution in [0.15, 0.2) is 12.4 Å². The number of amides is 4. The summed E-state index contributed by atoms with van der Waals surface area (Å²) < 4.78 is 6.73. The number of carbonyl (C=O) groups excluding carboxylic acids is 3. The number of rotatable bonds is 3. The molecule has 1 saturated heterocycles. The molecule has 9 heteroatoms. The van der Waals surface area contributed by atoms with Crippen LogP contribution in [0.25, 0.3) is 0 Å². The van der Waals surface area contributed by atoms with E-state index in [1.165, 1.54) is 6.20 Å². The number of alkyl carbamates (subject to hydrolysis) is 1. The maximum Gasteiger partial charge on any atom is 0.407 e. The van der Waals surface area contributed by atoms with Crippen LogP contribution >= 0.6 is 0 Å². The van der Waals surface area contributed by atoms with Gasteiger partial charge < -0.3 is 19.9 Å². The number of nitrogens with zero attached hydrogens (tertiary/aromatic N) is 2. The monoisotopic (exact) mass is 309 g/mol. The predicted octanol–water partition coefficient (Wildman–Crippen LogP) is -0.0205. The summed E-state index contributed by atoms with van der Waals surface area (Å²) >= 11 is 0. The summed E-state index contributed by atoms with van der Waals surface area (Å²) in [4.78, 5) is 39.6. The lowest BCUT2D eigenvalue weighted by Crippen LogP contribution is -2.54. The predicted molar refractivity (Wildman–Crippen MR) is 75.8 cm³/mol. The number of carbonyl (C=O) groups is 3. The first kappa shape index (κ1) is 15.8. The van der Waals surface area contributed by atoms with E-state index in [-0.39, 0.29) is 6.54 Å². The molecule has 1 fully saturated rings. The molecule has 0 unspecified atom stereocenters. The van der Waals surface area contributed by atoms with Gasteiger partial charge in [0.05, 0.1) is 6.54 Å². The molecule has 2 rings (SSSR count). The number of imidazole rings is 1. The first-order valence-electron chi connectivity index (χ1n) is 6.72. The molecule has 0 saturated carbocycles. The fraction of sp³-hybridized carbons (Fsp3) is 0.538. The highest BCUT2D eigenvalue weighted by molar-refractivity contribution is 6.07. The number of ether oxygens (including phenoxy) is 1. The summed E-state index contributed by atoms with van der Waals surface area (Å²) in [6.45, 7) is 5.01. The Morgan fingerprint density at radius 2 is 2.14 bits per heavy atom. The molecular weight excluding hydrogens is 290 g/mol. The Balaban J connectivity index is 2.21. The van der Waals surface area contributed by atoms with E-state index >= 15 is 0 Å². The van der Waals surface area contributed by atoms with E-state index in [0.29, 0.717) is 5.82 Å². The van der Waals surface area contributed by atoms with E-state index in [2.05, 4.69) is 20.9 Å². The zero-order valence-electron chi connectivity index (χ0n) is 12.9. The highest BCUT2D eigenvalue weighted by atomic mass is 16.6. The molecule has 1 atom stereocenters. The zero-order chi connectivity index (χ0) is 16.5. The number of aryl methyl sites for hydroxylation is 1. The Hall–Kier alpha value is -2.58. The first-order valence-corrected chi connectivity index (χ1v) is 6.72. The van der Waals surface area contributed by atoms with E-state index in [4.69, 9.17) is 4.74 Å². The Morgan fingerprint density at radius 1 is 1.45 bits per heavy atom. The van der Waals surface area contributed by atoms with Crippen LogP contribution in [0.3, 0.4) is 0 Å². The molecule has 1 aliphatic rings. The second kappa shape index (κ2) is 5.32. The minimum absolute atomic E-state index is 0.176. The third kappa shape index (κ3) is 3.02. The van der Waals surface area contributed by atoms with Gasteiger partial charge in [0.2, 0.25) is 0 Å². The minimum Gasteiger partial charge on any atom is -0.444 e. The highest BCUT2D eigenvalue weighted by Gasteiger charge is 2.51. The summed E-state index contributed by atoms with van der Waals surface area (Å²) in [6.07, 6.45) is 2.46. The van der Waals surface area contributed by atoms with Crippen molar-refractivity contribution in [3.05, 3.63) is 18.2 Å². The van der Waals surface area contributed by atoms with E-state index in [9.17, 15) is 14.4 Å².